The van der Waals surface area contributed by atoms with Crippen LogP contribution in [0.4, 0.5) is 0 Å². The Balaban J connectivity index is 1.47. The summed E-state index contributed by atoms with van der Waals surface area (Å²) < 4.78 is 3.01. The van der Waals surface area contributed by atoms with Gasteiger partial charge in [-0.25, -0.2) is 15.0 Å². The average molecular weight is 472 g/mol. The Kier molecular flexibility index (Phi) is 4.49. The van der Waals surface area contributed by atoms with Crippen LogP contribution >= 0.6 is 22.7 Å². The van der Waals surface area contributed by atoms with E-state index in [0.717, 1.165) is 37.9 Å². The first-order chi connectivity index (χ1) is 16.0. The normalized spacial score (nSPS) is 13.3. The lowest BCUT2D eigenvalue weighted by molar-refractivity contribution is 0.0637. The van der Waals surface area contributed by atoms with Gasteiger partial charge in [-0.2, -0.15) is 0 Å². The molecule has 7 nitrogen and oxygen atoms in total. The molecule has 5 aromatic rings. The molecule has 0 aliphatic carbocycles. The number of fused-ring (bicyclic) bond motifs is 2. The second-order valence-corrected chi connectivity index (χ2v) is 9.60. The summed E-state index contributed by atoms with van der Waals surface area (Å²) in [6.45, 7) is 2.04. The van der Waals surface area contributed by atoms with Crippen LogP contribution in [0.3, 0.4) is 0 Å². The largest absolute Gasteiger partial charge is 0.327 e. The van der Waals surface area contributed by atoms with E-state index in [-0.39, 0.29) is 18.4 Å². The number of amides is 2. The number of hydrogen-bond donors (Lipinski definition) is 0. The van der Waals surface area contributed by atoms with Crippen molar-refractivity contribution in [2.45, 2.75) is 13.5 Å². The van der Waals surface area contributed by atoms with Gasteiger partial charge in [0.1, 0.15) is 16.5 Å². The fraction of sp³-hybridized carbons (Fsp3) is 0.125. The zero-order chi connectivity index (χ0) is 22.7. The maximum absolute atomic E-state index is 12.9. The summed E-state index contributed by atoms with van der Waals surface area (Å²) in [5.41, 5.74) is 7.15. The number of carbonyl (C=O) groups excluding carboxylic acids is 2. The van der Waals surface area contributed by atoms with Crippen LogP contribution in [0.25, 0.3) is 32.2 Å². The first kappa shape index (κ1) is 20.0. The molecule has 0 spiro atoms. The van der Waals surface area contributed by atoms with Crippen molar-refractivity contribution in [3.8, 4) is 22.0 Å². The molecular weight excluding hydrogens is 454 g/mol. The minimum atomic E-state index is -0.294. The summed E-state index contributed by atoms with van der Waals surface area (Å²) in [5.74, 6) is 0.0301. The van der Waals surface area contributed by atoms with Gasteiger partial charge >= 0.3 is 0 Å². The molecule has 9 heteroatoms. The molecule has 4 heterocycles. The maximum atomic E-state index is 12.9. The Hall–Kier alpha value is -3.69. The van der Waals surface area contributed by atoms with Crippen molar-refractivity contribution in [1.29, 1.82) is 0 Å². The number of rotatable bonds is 4. The molecule has 162 valence electrons. The van der Waals surface area contributed by atoms with Crippen molar-refractivity contribution in [2.75, 3.05) is 0 Å². The number of aryl methyl sites for hydroxylation is 1. The third-order valence-electron chi connectivity index (χ3n) is 5.79. The standard InChI is InChI=1S/C24H17N5O2S2/c1-13-11-32-22(26-13)21-20(14-7-8-17-18(9-14)33-12-25-17)27-19(28(21)2)10-29-23(30)15-5-3-4-6-16(15)24(29)31/h3-9,11-12H,10H2,1-2H3. The zero-order valence-corrected chi connectivity index (χ0v) is 19.4. The summed E-state index contributed by atoms with van der Waals surface area (Å²) in [6.07, 6.45) is 0. The van der Waals surface area contributed by atoms with Gasteiger partial charge in [0.15, 0.2) is 0 Å². The maximum Gasteiger partial charge on any atom is 0.261 e. The fourth-order valence-corrected chi connectivity index (χ4v) is 5.71. The molecule has 33 heavy (non-hydrogen) atoms. The van der Waals surface area contributed by atoms with Gasteiger partial charge < -0.3 is 4.57 Å². The lowest BCUT2D eigenvalue weighted by Gasteiger charge is -2.13. The first-order valence-corrected chi connectivity index (χ1v) is 12.0. The minimum Gasteiger partial charge on any atom is -0.327 e. The number of benzene rings is 2. The Labute approximate surface area is 197 Å². The van der Waals surface area contributed by atoms with E-state index < -0.39 is 0 Å². The molecule has 0 unspecified atom stereocenters. The minimum absolute atomic E-state index is 0.0863. The van der Waals surface area contributed by atoms with E-state index in [4.69, 9.17) is 4.98 Å². The van der Waals surface area contributed by atoms with Crippen LogP contribution in [0.15, 0.2) is 53.4 Å². The summed E-state index contributed by atoms with van der Waals surface area (Å²) in [4.78, 5) is 41.1. The van der Waals surface area contributed by atoms with Crippen molar-refractivity contribution < 1.29 is 9.59 Å². The quantitative estimate of drug-likeness (QED) is 0.347. The van der Waals surface area contributed by atoms with Crippen molar-refractivity contribution in [1.82, 2.24) is 24.4 Å². The van der Waals surface area contributed by atoms with Crippen molar-refractivity contribution in [3.05, 3.63) is 76.0 Å². The van der Waals surface area contributed by atoms with E-state index in [1.807, 2.05) is 41.6 Å². The predicted molar refractivity (Wildman–Crippen MR) is 128 cm³/mol. The molecular formula is C24H17N5O2S2. The molecule has 0 N–H and O–H groups in total. The number of thiazole rings is 2. The highest BCUT2D eigenvalue weighted by Gasteiger charge is 2.36. The van der Waals surface area contributed by atoms with E-state index in [9.17, 15) is 9.59 Å². The molecule has 3 aromatic heterocycles. The Morgan fingerprint density at radius 1 is 0.970 bits per heavy atom. The molecule has 1 aliphatic rings. The highest BCUT2D eigenvalue weighted by molar-refractivity contribution is 7.16. The topological polar surface area (TPSA) is 81.0 Å². The van der Waals surface area contributed by atoms with Crippen LogP contribution in [0.2, 0.25) is 0 Å². The van der Waals surface area contributed by atoms with Crippen LogP contribution in [-0.2, 0) is 13.6 Å². The molecule has 0 atom stereocenters. The number of imide groups is 1. The van der Waals surface area contributed by atoms with Crippen LogP contribution in [-0.4, -0.2) is 36.2 Å². The highest BCUT2D eigenvalue weighted by atomic mass is 32.1. The highest BCUT2D eigenvalue weighted by Crippen LogP contribution is 2.36. The Morgan fingerprint density at radius 3 is 2.42 bits per heavy atom. The Bertz CT molecular complexity index is 1540. The summed E-state index contributed by atoms with van der Waals surface area (Å²) >= 11 is 3.13. The first-order valence-electron chi connectivity index (χ1n) is 10.3. The summed E-state index contributed by atoms with van der Waals surface area (Å²) in [6, 6.07) is 13.0. The van der Waals surface area contributed by atoms with Gasteiger partial charge in [0.25, 0.3) is 11.8 Å². The predicted octanol–water partition coefficient (Wildman–Crippen LogP) is 4.92. The van der Waals surface area contributed by atoms with Gasteiger partial charge in [0, 0.05) is 23.7 Å². The van der Waals surface area contributed by atoms with Crippen LogP contribution in [0.1, 0.15) is 32.2 Å². The molecule has 1 aliphatic heterocycles. The number of aromatic nitrogens is 4. The van der Waals surface area contributed by atoms with Crippen molar-refractivity contribution in [2.24, 2.45) is 7.05 Å². The lowest BCUT2D eigenvalue weighted by Crippen LogP contribution is -2.30. The molecule has 2 amide bonds. The average Bonchev–Trinajstić information content (AvgIpc) is 3.58. The van der Waals surface area contributed by atoms with E-state index in [1.165, 1.54) is 4.90 Å². The zero-order valence-electron chi connectivity index (χ0n) is 17.8. The number of carbonyl (C=O) groups is 2. The number of imidazole rings is 1. The second-order valence-electron chi connectivity index (χ2n) is 7.86. The summed E-state index contributed by atoms with van der Waals surface area (Å²) in [5, 5.41) is 2.85. The van der Waals surface area contributed by atoms with Gasteiger partial charge in [0.05, 0.1) is 39.1 Å². The second kappa shape index (κ2) is 7.43. The van der Waals surface area contributed by atoms with E-state index in [1.54, 1.807) is 46.9 Å². The van der Waals surface area contributed by atoms with Crippen molar-refractivity contribution in [3.63, 3.8) is 0 Å². The van der Waals surface area contributed by atoms with E-state index in [2.05, 4.69) is 16.0 Å². The number of hydrogen-bond acceptors (Lipinski definition) is 7. The molecule has 0 radical (unpaired) electrons. The molecule has 0 bridgehead atoms. The number of nitrogens with zero attached hydrogens (tertiary/aromatic N) is 5. The third kappa shape index (κ3) is 3.12. The SMILES string of the molecule is Cc1csc(-c2c(-c3ccc4ncsc4c3)nc(CN3C(=O)c4ccccc4C3=O)n2C)n1. The van der Waals surface area contributed by atoms with E-state index in [0.29, 0.717) is 17.0 Å². The molecule has 2 aromatic carbocycles. The van der Waals surface area contributed by atoms with Crippen LogP contribution in [0.5, 0.6) is 0 Å². The van der Waals surface area contributed by atoms with Crippen molar-refractivity contribution >= 4 is 44.7 Å². The Morgan fingerprint density at radius 2 is 1.73 bits per heavy atom. The van der Waals surface area contributed by atoms with Gasteiger partial charge in [-0.15, -0.1) is 22.7 Å². The van der Waals surface area contributed by atoms with Gasteiger partial charge in [0.2, 0.25) is 0 Å². The van der Waals surface area contributed by atoms with Gasteiger partial charge in [-0.05, 0) is 31.2 Å². The third-order valence-corrected chi connectivity index (χ3v) is 7.55. The molecule has 0 fully saturated rings. The summed E-state index contributed by atoms with van der Waals surface area (Å²) in [7, 11) is 1.90. The van der Waals surface area contributed by atoms with Gasteiger partial charge in [-0.1, -0.05) is 18.2 Å². The van der Waals surface area contributed by atoms with Crippen LogP contribution < -0.4 is 0 Å². The fourth-order valence-electron chi connectivity index (χ4n) is 4.12. The molecule has 6 rings (SSSR count). The van der Waals surface area contributed by atoms with Gasteiger partial charge in [-0.3, -0.25) is 14.5 Å². The smallest absolute Gasteiger partial charge is 0.261 e. The lowest BCUT2D eigenvalue weighted by atomic mass is 10.1. The van der Waals surface area contributed by atoms with Crippen LogP contribution in [0, 0.1) is 6.92 Å². The molecule has 0 saturated carbocycles. The monoisotopic (exact) mass is 471 g/mol. The van der Waals surface area contributed by atoms with E-state index >= 15 is 0 Å². The molecule has 0 saturated heterocycles.